The summed E-state index contributed by atoms with van der Waals surface area (Å²) in [7, 11) is 0. The van der Waals surface area contributed by atoms with E-state index in [1.54, 1.807) is 12.4 Å². The topological polar surface area (TPSA) is 42.9 Å². The summed E-state index contributed by atoms with van der Waals surface area (Å²) in [4.78, 5) is 18.5. The SMILES string of the molecule is O=Cc1cnc(C2CCC2)nc1. The summed E-state index contributed by atoms with van der Waals surface area (Å²) >= 11 is 0. The smallest absolute Gasteiger partial charge is 0.153 e. The normalized spacial score (nSPS) is 17.0. The van der Waals surface area contributed by atoms with Gasteiger partial charge in [-0.05, 0) is 12.8 Å². The van der Waals surface area contributed by atoms with Crippen LogP contribution >= 0.6 is 0 Å². The molecule has 0 spiro atoms. The summed E-state index contributed by atoms with van der Waals surface area (Å²) in [6, 6.07) is 0. The number of carbonyl (C=O) groups is 1. The van der Waals surface area contributed by atoms with Crippen LogP contribution in [0, 0.1) is 0 Å². The van der Waals surface area contributed by atoms with Gasteiger partial charge in [-0.1, -0.05) is 6.42 Å². The summed E-state index contributed by atoms with van der Waals surface area (Å²) in [5, 5.41) is 0. The molecule has 0 unspecified atom stereocenters. The summed E-state index contributed by atoms with van der Waals surface area (Å²) in [5.41, 5.74) is 0.554. The van der Waals surface area contributed by atoms with Crippen LogP contribution in [-0.4, -0.2) is 16.3 Å². The van der Waals surface area contributed by atoms with E-state index in [4.69, 9.17) is 0 Å². The number of rotatable bonds is 2. The van der Waals surface area contributed by atoms with E-state index >= 15 is 0 Å². The fraction of sp³-hybridized carbons (Fsp3) is 0.444. The maximum atomic E-state index is 10.3. The molecule has 1 aliphatic carbocycles. The van der Waals surface area contributed by atoms with Gasteiger partial charge in [0, 0.05) is 18.3 Å². The largest absolute Gasteiger partial charge is 0.298 e. The highest BCUT2D eigenvalue weighted by Crippen LogP contribution is 2.33. The Morgan fingerprint density at radius 2 is 2.00 bits per heavy atom. The molecule has 0 N–H and O–H groups in total. The van der Waals surface area contributed by atoms with E-state index in [1.165, 1.54) is 19.3 Å². The predicted molar refractivity (Wildman–Crippen MR) is 44.0 cm³/mol. The van der Waals surface area contributed by atoms with Crippen molar-refractivity contribution in [1.82, 2.24) is 9.97 Å². The fourth-order valence-corrected chi connectivity index (χ4v) is 1.29. The molecule has 3 nitrogen and oxygen atoms in total. The number of carbonyl (C=O) groups excluding carboxylic acids is 1. The lowest BCUT2D eigenvalue weighted by Crippen LogP contribution is -2.12. The van der Waals surface area contributed by atoms with E-state index in [9.17, 15) is 4.79 Å². The number of aldehydes is 1. The molecule has 12 heavy (non-hydrogen) atoms. The van der Waals surface area contributed by atoms with Crippen LogP contribution < -0.4 is 0 Å². The van der Waals surface area contributed by atoms with Gasteiger partial charge in [0.2, 0.25) is 0 Å². The number of nitrogens with zero attached hydrogens (tertiary/aromatic N) is 2. The first-order chi connectivity index (χ1) is 5.90. The molecule has 0 atom stereocenters. The van der Waals surface area contributed by atoms with Gasteiger partial charge in [0.25, 0.3) is 0 Å². The molecule has 1 aromatic heterocycles. The molecule has 1 aromatic rings. The van der Waals surface area contributed by atoms with Gasteiger partial charge in [0.05, 0.1) is 5.56 Å². The molecule has 0 radical (unpaired) electrons. The Labute approximate surface area is 70.9 Å². The molecule has 62 valence electrons. The molecule has 1 fully saturated rings. The van der Waals surface area contributed by atoms with Gasteiger partial charge in [-0.2, -0.15) is 0 Å². The highest BCUT2D eigenvalue weighted by molar-refractivity contribution is 5.73. The fourth-order valence-electron chi connectivity index (χ4n) is 1.29. The lowest BCUT2D eigenvalue weighted by Gasteiger charge is -2.23. The second-order valence-corrected chi connectivity index (χ2v) is 3.12. The third-order valence-electron chi connectivity index (χ3n) is 2.30. The van der Waals surface area contributed by atoms with E-state index in [1.807, 2.05) is 0 Å². The zero-order valence-electron chi connectivity index (χ0n) is 6.73. The Balaban J connectivity index is 2.18. The third kappa shape index (κ3) is 1.22. The molecule has 1 aliphatic rings. The molecule has 0 bridgehead atoms. The van der Waals surface area contributed by atoms with Crippen LogP contribution in [0.4, 0.5) is 0 Å². The van der Waals surface area contributed by atoms with Crippen LogP contribution in [0.5, 0.6) is 0 Å². The monoisotopic (exact) mass is 162 g/mol. The average molecular weight is 162 g/mol. The van der Waals surface area contributed by atoms with Gasteiger partial charge >= 0.3 is 0 Å². The van der Waals surface area contributed by atoms with Gasteiger partial charge in [-0.3, -0.25) is 4.79 Å². The average Bonchev–Trinajstić information content (AvgIpc) is 2.03. The molecule has 0 amide bonds. The molecule has 2 rings (SSSR count). The van der Waals surface area contributed by atoms with Crippen LogP contribution in [0.1, 0.15) is 41.4 Å². The van der Waals surface area contributed by atoms with E-state index < -0.39 is 0 Å². The zero-order valence-corrected chi connectivity index (χ0v) is 6.73. The second-order valence-electron chi connectivity index (χ2n) is 3.12. The minimum atomic E-state index is 0.547. The summed E-state index contributed by atoms with van der Waals surface area (Å²) < 4.78 is 0. The van der Waals surface area contributed by atoms with Crippen molar-refractivity contribution in [2.75, 3.05) is 0 Å². The van der Waals surface area contributed by atoms with Crippen molar-refractivity contribution in [2.45, 2.75) is 25.2 Å². The Bertz CT molecular complexity index is 277. The number of aromatic nitrogens is 2. The van der Waals surface area contributed by atoms with Crippen LogP contribution in [-0.2, 0) is 0 Å². The Morgan fingerprint density at radius 3 is 2.42 bits per heavy atom. The van der Waals surface area contributed by atoms with Gasteiger partial charge in [-0.15, -0.1) is 0 Å². The first-order valence-electron chi connectivity index (χ1n) is 4.17. The molecular formula is C9H10N2O. The Morgan fingerprint density at radius 1 is 1.33 bits per heavy atom. The lowest BCUT2D eigenvalue weighted by molar-refractivity contribution is 0.112. The van der Waals surface area contributed by atoms with Crippen LogP contribution in [0.2, 0.25) is 0 Å². The molecule has 0 saturated heterocycles. The van der Waals surface area contributed by atoms with Crippen LogP contribution in [0.15, 0.2) is 12.4 Å². The maximum Gasteiger partial charge on any atom is 0.153 e. The van der Waals surface area contributed by atoms with Crippen molar-refractivity contribution < 1.29 is 4.79 Å². The van der Waals surface area contributed by atoms with Crippen molar-refractivity contribution in [1.29, 1.82) is 0 Å². The standard InChI is InChI=1S/C9H10N2O/c12-6-7-4-10-9(11-5-7)8-2-1-3-8/h4-6,8H,1-3H2. The van der Waals surface area contributed by atoms with Gasteiger partial charge < -0.3 is 0 Å². The lowest BCUT2D eigenvalue weighted by atomic mass is 9.85. The first-order valence-corrected chi connectivity index (χ1v) is 4.17. The molecule has 0 aliphatic heterocycles. The third-order valence-corrected chi connectivity index (χ3v) is 2.30. The van der Waals surface area contributed by atoms with E-state index in [2.05, 4.69) is 9.97 Å². The Kier molecular flexibility index (Phi) is 1.86. The summed E-state index contributed by atoms with van der Waals surface area (Å²) in [6.07, 6.45) is 7.62. The summed E-state index contributed by atoms with van der Waals surface area (Å²) in [5.74, 6) is 1.44. The molecule has 1 heterocycles. The zero-order chi connectivity index (χ0) is 8.39. The quantitative estimate of drug-likeness (QED) is 0.620. The van der Waals surface area contributed by atoms with Crippen molar-refractivity contribution >= 4 is 6.29 Å². The second kappa shape index (κ2) is 3.01. The highest BCUT2D eigenvalue weighted by Gasteiger charge is 2.21. The molecular weight excluding hydrogens is 152 g/mol. The van der Waals surface area contributed by atoms with Crippen LogP contribution in [0.25, 0.3) is 0 Å². The van der Waals surface area contributed by atoms with Crippen molar-refractivity contribution in [3.63, 3.8) is 0 Å². The highest BCUT2D eigenvalue weighted by atomic mass is 16.1. The van der Waals surface area contributed by atoms with Gasteiger partial charge in [0.1, 0.15) is 5.82 Å². The minimum Gasteiger partial charge on any atom is -0.298 e. The van der Waals surface area contributed by atoms with Crippen molar-refractivity contribution in [3.8, 4) is 0 Å². The number of hydrogen-bond donors (Lipinski definition) is 0. The van der Waals surface area contributed by atoms with E-state index in [0.29, 0.717) is 11.5 Å². The van der Waals surface area contributed by atoms with Crippen LogP contribution in [0.3, 0.4) is 0 Å². The van der Waals surface area contributed by atoms with Crippen molar-refractivity contribution in [3.05, 3.63) is 23.8 Å². The Hall–Kier alpha value is -1.25. The molecule has 3 heteroatoms. The molecule has 1 saturated carbocycles. The van der Waals surface area contributed by atoms with E-state index in [-0.39, 0.29) is 0 Å². The van der Waals surface area contributed by atoms with Gasteiger partial charge in [0.15, 0.2) is 6.29 Å². The van der Waals surface area contributed by atoms with Gasteiger partial charge in [-0.25, -0.2) is 9.97 Å². The van der Waals surface area contributed by atoms with Crippen molar-refractivity contribution in [2.24, 2.45) is 0 Å². The van der Waals surface area contributed by atoms with E-state index in [0.717, 1.165) is 12.1 Å². The maximum absolute atomic E-state index is 10.3. The molecule has 0 aromatic carbocycles. The first kappa shape index (κ1) is 7.40. The minimum absolute atomic E-state index is 0.547. The predicted octanol–water partition coefficient (Wildman–Crippen LogP) is 1.56. The summed E-state index contributed by atoms with van der Waals surface area (Å²) in [6.45, 7) is 0. The number of hydrogen-bond acceptors (Lipinski definition) is 3.